The molecule has 8 heteroatoms. The standard InChI is InChI=1S/C13H15FN4O2S/c1-9-6-17-11(7-16-9)8-18-21(19,20)13-3-2-10(5-15)4-12(13)14/h2-4,6-7,18H,5,8,15H2,1H3. The first-order chi connectivity index (χ1) is 9.92. The Labute approximate surface area is 122 Å². The molecule has 0 bridgehead atoms. The predicted molar refractivity (Wildman–Crippen MR) is 75.1 cm³/mol. The highest BCUT2D eigenvalue weighted by molar-refractivity contribution is 7.89. The number of aryl methyl sites for hydroxylation is 1. The van der Waals surface area contributed by atoms with Gasteiger partial charge in [0.15, 0.2) is 0 Å². The highest BCUT2D eigenvalue weighted by Gasteiger charge is 2.19. The lowest BCUT2D eigenvalue weighted by Gasteiger charge is -2.08. The summed E-state index contributed by atoms with van der Waals surface area (Å²) in [7, 11) is -3.96. The Morgan fingerprint density at radius 3 is 2.62 bits per heavy atom. The lowest BCUT2D eigenvalue weighted by molar-refractivity contribution is 0.555. The molecule has 1 aromatic heterocycles. The molecule has 0 aliphatic rings. The SMILES string of the molecule is Cc1cnc(CNS(=O)(=O)c2ccc(CN)cc2F)cn1. The number of halogens is 1. The van der Waals surface area contributed by atoms with Gasteiger partial charge in [-0.15, -0.1) is 0 Å². The van der Waals surface area contributed by atoms with Crippen LogP contribution in [-0.4, -0.2) is 18.4 Å². The predicted octanol–water partition coefficient (Wildman–Crippen LogP) is 0.861. The highest BCUT2D eigenvalue weighted by Crippen LogP contribution is 2.16. The molecule has 0 aliphatic heterocycles. The number of aromatic nitrogens is 2. The molecule has 0 aliphatic carbocycles. The van der Waals surface area contributed by atoms with Crippen molar-refractivity contribution in [2.24, 2.45) is 5.73 Å². The molecule has 1 heterocycles. The molecule has 0 saturated heterocycles. The van der Waals surface area contributed by atoms with Gasteiger partial charge < -0.3 is 5.73 Å². The first kappa shape index (κ1) is 15.5. The van der Waals surface area contributed by atoms with Crippen molar-refractivity contribution in [3.8, 4) is 0 Å². The van der Waals surface area contributed by atoms with E-state index in [1.807, 2.05) is 0 Å². The van der Waals surface area contributed by atoms with Crippen molar-refractivity contribution < 1.29 is 12.8 Å². The normalized spacial score (nSPS) is 11.6. The van der Waals surface area contributed by atoms with E-state index in [1.165, 1.54) is 24.5 Å². The minimum absolute atomic E-state index is 0.0618. The fourth-order valence-corrected chi connectivity index (χ4v) is 2.70. The molecule has 3 N–H and O–H groups in total. The number of nitrogens with zero attached hydrogens (tertiary/aromatic N) is 2. The van der Waals surface area contributed by atoms with Crippen molar-refractivity contribution in [3.63, 3.8) is 0 Å². The molecule has 1 aromatic carbocycles. The van der Waals surface area contributed by atoms with Crippen LogP contribution in [0.5, 0.6) is 0 Å². The Balaban J connectivity index is 2.16. The molecule has 0 fully saturated rings. The zero-order valence-corrected chi connectivity index (χ0v) is 12.2. The highest BCUT2D eigenvalue weighted by atomic mass is 32.2. The summed E-state index contributed by atoms with van der Waals surface area (Å²) in [6.45, 7) is 1.85. The summed E-state index contributed by atoms with van der Waals surface area (Å²) >= 11 is 0. The van der Waals surface area contributed by atoms with Gasteiger partial charge in [-0.05, 0) is 24.6 Å². The van der Waals surface area contributed by atoms with Gasteiger partial charge in [0.25, 0.3) is 0 Å². The maximum absolute atomic E-state index is 13.8. The second kappa shape index (κ2) is 6.25. The Hall–Kier alpha value is -1.90. The average Bonchev–Trinajstić information content (AvgIpc) is 2.46. The molecule has 2 rings (SSSR count). The second-order valence-corrected chi connectivity index (χ2v) is 6.18. The molecule has 112 valence electrons. The van der Waals surface area contributed by atoms with Crippen LogP contribution in [0.4, 0.5) is 4.39 Å². The molecular formula is C13H15FN4O2S. The van der Waals surface area contributed by atoms with E-state index in [4.69, 9.17) is 5.73 Å². The maximum atomic E-state index is 13.8. The molecule has 6 nitrogen and oxygen atoms in total. The van der Waals surface area contributed by atoms with Crippen LogP contribution < -0.4 is 10.5 Å². The molecule has 21 heavy (non-hydrogen) atoms. The van der Waals surface area contributed by atoms with Crippen molar-refractivity contribution in [1.29, 1.82) is 0 Å². The van der Waals surface area contributed by atoms with E-state index in [0.29, 0.717) is 11.3 Å². The van der Waals surface area contributed by atoms with E-state index in [2.05, 4.69) is 14.7 Å². The Morgan fingerprint density at radius 1 is 1.29 bits per heavy atom. The first-order valence-electron chi connectivity index (χ1n) is 6.18. The number of rotatable bonds is 5. The quantitative estimate of drug-likeness (QED) is 0.853. The molecule has 0 unspecified atom stereocenters. The van der Waals surface area contributed by atoms with Gasteiger partial charge in [-0.1, -0.05) is 6.07 Å². The molecule has 2 aromatic rings. The van der Waals surface area contributed by atoms with E-state index in [-0.39, 0.29) is 13.1 Å². The van der Waals surface area contributed by atoms with Crippen molar-refractivity contribution in [3.05, 3.63) is 53.4 Å². The van der Waals surface area contributed by atoms with Gasteiger partial charge in [-0.2, -0.15) is 0 Å². The molecule has 0 spiro atoms. The summed E-state index contributed by atoms with van der Waals surface area (Å²) in [5.74, 6) is -0.833. The Morgan fingerprint density at radius 2 is 2.05 bits per heavy atom. The van der Waals surface area contributed by atoms with E-state index in [9.17, 15) is 12.8 Å². The van der Waals surface area contributed by atoms with E-state index < -0.39 is 20.7 Å². The summed E-state index contributed by atoms with van der Waals surface area (Å²) in [5, 5.41) is 0. The third-order valence-corrected chi connectivity index (χ3v) is 4.23. The van der Waals surface area contributed by atoms with Crippen molar-refractivity contribution >= 4 is 10.0 Å². The summed E-state index contributed by atoms with van der Waals surface area (Å²) < 4.78 is 40.2. The first-order valence-corrected chi connectivity index (χ1v) is 7.66. The molecule has 0 saturated carbocycles. The Bertz CT molecular complexity index is 732. The van der Waals surface area contributed by atoms with Crippen molar-refractivity contribution in [2.75, 3.05) is 0 Å². The van der Waals surface area contributed by atoms with Crippen molar-refractivity contribution in [1.82, 2.24) is 14.7 Å². The largest absolute Gasteiger partial charge is 0.326 e. The third-order valence-electron chi connectivity index (χ3n) is 2.80. The van der Waals surface area contributed by atoms with E-state index in [1.54, 1.807) is 6.92 Å². The van der Waals surface area contributed by atoms with Crippen LogP contribution in [0.3, 0.4) is 0 Å². The minimum Gasteiger partial charge on any atom is -0.326 e. The molecule has 0 atom stereocenters. The average molecular weight is 310 g/mol. The number of hydrogen-bond donors (Lipinski definition) is 2. The molecular weight excluding hydrogens is 295 g/mol. The fourth-order valence-electron chi connectivity index (χ4n) is 1.65. The summed E-state index contributed by atoms with van der Waals surface area (Å²) in [6.07, 6.45) is 2.99. The van der Waals surface area contributed by atoms with Crippen LogP contribution in [0.1, 0.15) is 17.0 Å². The summed E-state index contributed by atoms with van der Waals surface area (Å²) in [4.78, 5) is 7.62. The monoisotopic (exact) mass is 310 g/mol. The number of nitrogens with two attached hydrogens (primary N) is 1. The van der Waals surface area contributed by atoms with E-state index in [0.717, 1.165) is 11.8 Å². The molecule has 0 radical (unpaired) electrons. The lowest BCUT2D eigenvalue weighted by atomic mass is 10.2. The van der Waals surface area contributed by atoms with Gasteiger partial charge in [0.2, 0.25) is 10.0 Å². The van der Waals surface area contributed by atoms with Crippen LogP contribution >= 0.6 is 0 Å². The van der Waals surface area contributed by atoms with Gasteiger partial charge in [0.05, 0.1) is 24.1 Å². The van der Waals surface area contributed by atoms with Crippen LogP contribution in [0.15, 0.2) is 35.5 Å². The zero-order valence-electron chi connectivity index (χ0n) is 11.4. The number of benzene rings is 1. The maximum Gasteiger partial charge on any atom is 0.243 e. The minimum atomic E-state index is -3.96. The second-order valence-electron chi connectivity index (χ2n) is 4.44. The summed E-state index contributed by atoms with van der Waals surface area (Å²) in [5.41, 5.74) is 7.08. The number of sulfonamides is 1. The smallest absolute Gasteiger partial charge is 0.243 e. The van der Waals surface area contributed by atoms with Crippen LogP contribution in [0, 0.1) is 12.7 Å². The fraction of sp³-hybridized carbons (Fsp3) is 0.231. The van der Waals surface area contributed by atoms with Gasteiger partial charge in [0, 0.05) is 12.7 Å². The molecule has 0 amide bonds. The van der Waals surface area contributed by atoms with Crippen molar-refractivity contribution in [2.45, 2.75) is 24.9 Å². The van der Waals surface area contributed by atoms with E-state index >= 15 is 0 Å². The van der Waals surface area contributed by atoms with Crippen LogP contribution in [-0.2, 0) is 23.1 Å². The number of nitrogens with one attached hydrogen (secondary N) is 1. The van der Waals surface area contributed by atoms with Gasteiger partial charge in [-0.25, -0.2) is 17.5 Å². The third kappa shape index (κ3) is 3.81. The van der Waals surface area contributed by atoms with Crippen LogP contribution in [0.25, 0.3) is 0 Å². The topological polar surface area (TPSA) is 98.0 Å². The van der Waals surface area contributed by atoms with Gasteiger partial charge in [0.1, 0.15) is 10.7 Å². The van der Waals surface area contributed by atoms with Gasteiger partial charge >= 0.3 is 0 Å². The van der Waals surface area contributed by atoms with Gasteiger partial charge in [-0.3, -0.25) is 9.97 Å². The number of hydrogen-bond acceptors (Lipinski definition) is 5. The Kier molecular flexibility index (Phi) is 4.61. The van der Waals surface area contributed by atoms with Crippen LogP contribution in [0.2, 0.25) is 0 Å². The summed E-state index contributed by atoms with van der Waals surface area (Å²) in [6, 6.07) is 3.78. The lowest BCUT2D eigenvalue weighted by Crippen LogP contribution is -2.25. The zero-order chi connectivity index (χ0) is 15.5.